The largest absolute Gasteiger partial charge is 0.477 e. The van der Waals surface area contributed by atoms with Gasteiger partial charge in [0.1, 0.15) is 12.6 Å². The number of carbonyl (C=O) groups is 6. The van der Waals surface area contributed by atoms with Gasteiger partial charge in [-0.1, -0.05) is 42.5 Å². The molecule has 0 aromatic heterocycles. The molecule has 0 saturated carbocycles. The van der Waals surface area contributed by atoms with Gasteiger partial charge in [-0.25, -0.2) is 4.79 Å². The second-order valence-corrected chi connectivity index (χ2v) is 9.23. The topological polar surface area (TPSA) is 170 Å². The van der Waals surface area contributed by atoms with E-state index in [-0.39, 0.29) is 17.8 Å². The van der Waals surface area contributed by atoms with E-state index in [2.05, 4.69) is 5.32 Å². The first kappa shape index (κ1) is 33.5. The normalized spacial score (nSPS) is 19.5. The molecule has 5 atom stereocenters. The standard InChI is InChI=1S/C29H35NO12/c1-16(31)30-24-25(40-19(4)34)22(14-10-13-21-11-8-7-9-12-21)26(29(36)37-6)42-28(24)27(41-20(5)35)23(39-18(3)33)15-38-17(2)32/h7-13,23-25,27-28H,14-15H2,1-6H3,(H,30,31)/b13-10+/t23-,24-,25+,27-,28-/m1/s1. The minimum absolute atomic E-state index is 0.0130. The third-order valence-electron chi connectivity index (χ3n) is 5.81. The molecule has 1 aliphatic rings. The van der Waals surface area contributed by atoms with E-state index in [0.717, 1.165) is 40.4 Å². The molecule has 228 valence electrons. The second kappa shape index (κ2) is 15.9. The second-order valence-electron chi connectivity index (χ2n) is 9.23. The zero-order chi connectivity index (χ0) is 31.4. The Morgan fingerprint density at radius 3 is 2.07 bits per heavy atom. The summed E-state index contributed by atoms with van der Waals surface area (Å²) in [5.74, 6) is -5.07. The minimum atomic E-state index is -1.57. The Hall–Kier alpha value is -4.68. The van der Waals surface area contributed by atoms with Crippen molar-refractivity contribution < 1.29 is 57.2 Å². The number of hydrogen-bond donors (Lipinski definition) is 1. The molecule has 0 radical (unpaired) electrons. The van der Waals surface area contributed by atoms with Crippen LogP contribution in [0.5, 0.6) is 0 Å². The van der Waals surface area contributed by atoms with E-state index in [9.17, 15) is 28.8 Å². The van der Waals surface area contributed by atoms with E-state index >= 15 is 0 Å². The van der Waals surface area contributed by atoms with Gasteiger partial charge in [-0.3, -0.25) is 24.0 Å². The summed E-state index contributed by atoms with van der Waals surface area (Å²) in [6.45, 7) is 5.03. The number of benzene rings is 1. The summed E-state index contributed by atoms with van der Waals surface area (Å²) < 4.78 is 32.4. The van der Waals surface area contributed by atoms with E-state index in [1.807, 2.05) is 30.3 Å². The molecule has 1 heterocycles. The fraction of sp³-hybridized carbons (Fsp3) is 0.448. The summed E-state index contributed by atoms with van der Waals surface area (Å²) in [5, 5.41) is 2.64. The van der Waals surface area contributed by atoms with Crippen LogP contribution in [0, 0.1) is 0 Å². The van der Waals surface area contributed by atoms with Gasteiger partial charge in [-0.15, -0.1) is 0 Å². The molecule has 0 saturated heterocycles. The number of nitrogens with one attached hydrogen (secondary N) is 1. The number of amides is 1. The summed E-state index contributed by atoms with van der Waals surface area (Å²) in [6.07, 6.45) is -2.37. The van der Waals surface area contributed by atoms with Gasteiger partial charge in [0.05, 0.1) is 7.11 Å². The van der Waals surface area contributed by atoms with E-state index in [4.69, 9.17) is 28.4 Å². The van der Waals surface area contributed by atoms with Crippen LogP contribution in [0.3, 0.4) is 0 Å². The Balaban J connectivity index is 2.74. The van der Waals surface area contributed by atoms with Gasteiger partial charge < -0.3 is 33.7 Å². The number of esters is 5. The number of hydrogen-bond acceptors (Lipinski definition) is 12. The summed E-state index contributed by atoms with van der Waals surface area (Å²) in [5.41, 5.74) is 0.990. The number of ether oxygens (including phenoxy) is 6. The van der Waals surface area contributed by atoms with Gasteiger partial charge in [0.15, 0.2) is 24.4 Å². The van der Waals surface area contributed by atoms with Crippen LogP contribution in [0.2, 0.25) is 0 Å². The SMILES string of the molecule is COC(=O)C1=C(C/C=C/c2ccccc2)[C@H](OC(C)=O)[C@@H](NC(C)=O)[C@H]([C@H](OC(C)=O)[C@@H](COC(C)=O)OC(C)=O)O1. The Kier molecular flexibility index (Phi) is 12.7. The van der Waals surface area contributed by atoms with E-state index < -0.39 is 72.8 Å². The zero-order valence-corrected chi connectivity index (χ0v) is 24.2. The highest BCUT2D eigenvalue weighted by molar-refractivity contribution is 5.88. The molecule has 13 heteroatoms. The summed E-state index contributed by atoms with van der Waals surface area (Å²) >= 11 is 0. The van der Waals surface area contributed by atoms with Crippen molar-refractivity contribution in [2.45, 2.75) is 71.5 Å². The monoisotopic (exact) mass is 589 g/mol. The third-order valence-corrected chi connectivity index (χ3v) is 5.81. The number of carbonyl (C=O) groups excluding carboxylic acids is 6. The fourth-order valence-electron chi connectivity index (χ4n) is 4.31. The van der Waals surface area contributed by atoms with Crippen molar-refractivity contribution in [2.24, 2.45) is 0 Å². The number of allylic oxidation sites excluding steroid dienone is 1. The Morgan fingerprint density at radius 1 is 0.905 bits per heavy atom. The number of methoxy groups -OCH3 is 1. The van der Waals surface area contributed by atoms with Crippen LogP contribution in [0.25, 0.3) is 6.08 Å². The molecule has 13 nitrogen and oxygen atoms in total. The van der Waals surface area contributed by atoms with Crippen molar-refractivity contribution >= 4 is 41.8 Å². The van der Waals surface area contributed by atoms with Crippen LogP contribution in [0.15, 0.2) is 47.7 Å². The molecule has 42 heavy (non-hydrogen) atoms. The third kappa shape index (κ3) is 10.1. The maximum absolute atomic E-state index is 13.0. The predicted molar refractivity (Wildman–Crippen MR) is 145 cm³/mol. The Labute approximate surface area is 243 Å². The van der Waals surface area contributed by atoms with Crippen LogP contribution in [0.4, 0.5) is 0 Å². The van der Waals surface area contributed by atoms with E-state index in [1.165, 1.54) is 6.92 Å². The molecule has 1 N–H and O–H groups in total. The van der Waals surface area contributed by atoms with Crippen LogP contribution in [0.1, 0.15) is 46.6 Å². The van der Waals surface area contributed by atoms with Gasteiger partial charge >= 0.3 is 29.8 Å². The summed E-state index contributed by atoms with van der Waals surface area (Å²) in [6, 6.07) is 7.96. The molecule has 0 spiro atoms. The summed E-state index contributed by atoms with van der Waals surface area (Å²) in [4.78, 5) is 73.4. The van der Waals surface area contributed by atoms with E-state index in [0.29, 0.717) is 0 Å². The fourth-order valence-corrected chi connectivity index (χ4v) is 4.31. The zero-order valence-electron chi connectivity index (χ0n) is 24.2. The first-order valence-corrected chi connectivity index (χ1v) is 13.0. The maximum atomic E-state index is 13.0. The van der Waals surface area contributed by atoms with Crippen molar-refractivity contribution in [2.75, 3.05) is 13.7 Å². The van der Waals surface area contributed by atoms with Crippen molar-refractivity contribution in [3.8, 4) is 0 Å². The average molecular weight is 590 g/mol. The molecular weight excluding hydrogens is 554 g/mol. The first-order chi connectivity index (χ1) is 19.8. The van der Waals surface area contributed by atoms with Crippen LogP contribution >= 0.6 is 0 Å². The highest BCUT2D eigenvalue weighted by Crippen LogP contribution is 2.34. The van der Waals surface area contributed by atoms with Crippen molar-refractivity contribution in [1.29, 1.82) is 0 Å². The molecule has 1 aliphatic heterocycles. The minimum Gasteiger partial charge on any atom is -0.477 e. The molecule has 0 fully saturated rings. The predicted octanol–water partition coefficient (Wildman–Crippen LogP) is 1.78. The number of rotatable bonds is 12. The molecular formula is C29H35NO12. The van der Waals surface area contributed by atoms with Gasteiger partial charge in [0, 0.05) is 40.2 Å². The van der Waals surface area contributed by atoms with Crippen LogP contribution in [-0.2, 0) is 57.2 Å². The highest BCUT2D eigenvalue weighted by atomic mass is 16.6. The first-order valence-electron chi connectivity index (χ1n) is 13.0. The lowest BCUT2D eigenvalue weighted by atomic mass is 9.87. The van der Waals surface area contributed by atoms with Gasteiger partial charge in [0.2, 0.25) is 11.7 Å². The van der Waals surface area contributed by atoms with Crippen molar-refractivity contribution in [3.05, 3.63) is 53.3 Å². The van der Waals surface area contributed by atoms with Gasteiger partial charge in [0.25, 0.3) is 0 Å². The lowest BCUT2D eigenvalue weighted by molar-refractivity contribution is -0.192. The Bertz CT molecular complexity index is 1220. The van der Waals surface area contributed by atoms with E-state index in [1.54, 1.807) is 12.2 Å². The smallest absolute Gasteiger partial charge is 0.373 e. The molecule has 1 amide bonds. The van der Waals surface area contributed by atoms with Crippen molar-refractivity contribution in [3.63, 3.8) is 0 Å². The van der Waals surface area contributed by atoms with Gasteiger partial charge in [-0.05, 0) is 12.0 Å². The molecule has 0 aliphatic carbocycles. The van der Waals surface area contributed by atoms with Crippen LogP contribution < -0.4 is 5.32 Å². The Morgan fingerprint density at radius 2 is 1.55 bits per heavy atom. The van der Waals surface area contributed by atoms with Crippen LogP contribution in [-0.4, -0.2) is 79.9 Å². The maximum Gasteiger partial charge on any atom is 0.373 e. The molecule has 1 aromatic rings. The molecule has 1 aromatic carbocycles. The average Bonchev–Trinajstić information content (AvgIpc) is 2.90. The molecule has 0 unspecified atom stereocenters. The summed E-state index contributed by atoms with van der Waals surface area (Å²) in [7, 11) is 1.11. The van der Waals surface area contributed by atoms with Crippen molar-refractivity contribution in [1.82, 2.24) is 5.32 Å². The lowest BCUT2D eigenvalue weighted by Crippen LogP contribution is -2.63. The molecule has 2 rings (SSSR count). The quantitative estimate of drug-likeness (QED) is 0.277. The molecule has 0 bridgehead atoms. The highest BCUT2D eigenvalue weighted by Gasteiger charge is 2.51. The lowest BCUT2D eigenvalue weighted by Gasteiger charge is -2.43. The van der Waals surface area contributed by atoms with Gasteiger partial charge in [-0.2, -0.15) is 0 Å².